The zero-order valence-electron chi connectivity index (χ0n) is 14.1. The Balaban J connectivity index is 2.36. The summed E-state index contributed by atoms with van der Waals surface area (Å²) in [5, 5.41) is 11.9. The van der Waals surface area contributed by atoms with E-state index in [4.69, 9.17) is 0 Å². The van der Waals surface area contributed by atoms with Crippen LogP contribution in [-0.4, -0.2) is 17.0 Å². The summed E-state index contributed by atoms with van der Waals surface area (Å²) >= 11 is 0. The lowest BCUT2D eigenvalue weighted by molar-refractivity contribution is 0.0886. The second-order valence-electron chi connectivity index (χ2n) is 6.09. The molecule has 0 heterocycles. The smallest absolute Gasteiger partial charge is 0.187 e. The van der Waals surface area contributed by atoms with E-state index in [2.05, 4.69) is 13.8 Å². The van der Waals surface area contributed by atoms with Gasteiger partial charge in [0.1, 0.15) is 6.04 Å². The third-order valence-corrected chi connectivity index (χ3v) is 4.02. The summed E-state index contributed by atoms with van der Waals surface area (Å²) in [4.78, 5) is 12.8. The Morgan fingerprint density at radius 3 is 2.26 bits per heavy atom. The largest absolute Gasteiger partial charge is 0.292 e. The predicted octanol–water partition coefficient (Wildman–Crippen LogP) is 5.06. The summed E-state index contributed by atoms with van der Waals surface area (Å²) < 4.78 is 0. The Kier molecular flexibility index (Phi) is 5.94. The van der Waals surface area contributed by atoms with Crippen molar-refractivity contribution >= 4 is 11.5 Å². The number of rotatable bonds is 7. The monoisotopic (exact) mass is 311 g/mol. The topological polar surface area (TPSA) is 40.5 Å². The molecule has 0 amide bonds. The second-order valence-corrected chi connectivity index (χ2v) is 6.09. The molecule has 122 valence electrons. The number of para-hydroxylation sites is 1. The molecule has 0 aliphatic rings. The molecule has 0 unspecified atom stereocenters. The van der Waals surface area contributed by atoms with E-state index >= 15 is 0 Å². The van der Waals surface area contributed by atoms with E-state index in [9.17, 15) is 10.0 Å². The molecule has 0 saturated carbocycles. The number of hydrogen-bond acceptors (Lipinski definition) is 3. The Morgan fingerprint density at radius 1 is 1.04 bits per heavy atom. The molecule has 2 aromatic rings. The molecule has 2 rings (SSSR count). The van der Waals surface area contributed by atoms with Crippen LogP contribution in [0, 0.1) is 0 Å². The summed E-state index contributed by atoms with van der Waals surface area (Å²) in [7, 11) is 0. The van der Waals surface area contributed by atoms with Crippen LogP contribution in [0.5, 0.6) is 0 Å². The molecular weight excluding hydrogens is 286 g/mol. The highest BCUT2D eigenvalue weighted by atomic mass is 16.5. The average molecular weight is 311 g/mol. The number of anilines is 1. The Hall–Kier alpha value is -2.13. The Labute approximate surface area is 138 Å². The van der Waals surface area contributed by atoms with Crippen LogP contribution in [0.3, 0.4) is 0 Å². The number of ketones is 1. The van der Waals surface area contributed by atoms with E-state index in [1.54, 1.807) is 12.1 Å². The number of hydrogen-bond donors (Lipinski definition) is 1. The summed E-state index contributed by atoms with van der Waals surface area (Å²) in [6.45, 7) is 6.19. The molecule has 3 nitrogen and oxygen atoms in total. The van der Waals surface area contributed by atoms with Gasteiger partial charge in [-0.25, -0.2) is 5.06 Å². The van der Waals surface area contributed by atoms with Gasteiger partial charge in [0, 0.05) is 5.56 Å². The predicted molar refractivity (Wildman–Crippen MR) is 94.3 cm³/mol. The van der Waals surface area contributed by atoms with Gasteiger partial charge in [-0.3, -0.25) is 10.0 Å². The first-order valence-electron chi connectivity index (χ1n) is 8.22. The zero-order valence-corrected chi connectivity index (χ0v) is 14.1. The van der Waals surface area contributed by atoms with Gasteiger partial charge in [-0.1, -0.05) is 75.7 Å². The van der Waals surface area contributed by atoms with E-state index in [0.29, 0.717) is 17.7 Å². The third kappa shape index (κ3) is 3.99. The fourth-order valence-electron chi connectivity index (χ4n) is 2.78. The van der Waals surface area contributed by atoms with Crippen molar-refractivity contribution in [1.82, 2.24) is 0 Å². The summed E-state index contributed by atoms with van der Waals surface area (Å²) in [5.41, 5.74) is 2.38. The van der Waals surface area contributed by atoms with Crippen molar-refractivity contribution in [2.24, 2.45) is 0 Å². The van der Waals surface area contributed by atoms with E-state index in [1.807, 2.05) is 49.4 Å². The van der Waals surface area contributed by atoms with E-state index < -0.39 is 6.04 Å². The van der Waals surface area contributed by atoms with Crippen molar-refractivity contribution in [2.75, 3.05) is 5.06 Å². The van der Waals surface area contributed by atoms with Crippen molar-refractivity contribution in [3.63, 3.8) is 0 Å². The van der Waals surface area contributed by atoms with Crippen molar-refractivity contribution in [3.8, 4) is 0 Å². The highest BCUT2D eigenvalue weighted by Gasteiger charge is 2.27. The Bertz CT molecular complexity index is 637. The van der Waals surface area contributed by atoms with Crippen LogP contribution in [0.2, 0.25) is 0 Å². The fourth-order valence-corrected chi connectivity index (χ4v) is 2.78. The number of carbonyl (C=O) groups is 1. The highest BCUT2D eigenvalue weighted by Crippen LogP contribution is 2.29. The molecule has 1 N–H and O–H groups in total. The standard InChI is InChI=1S/C20H25NO2/c1-4-10-19(20(22)16-11-6-5-7-12-16)21(23)18-14-9-8-13-17(18)15(2)3/h5-9,11-15,19,23H,4,10H2,1-3H3/t19-/m0/s1. The van der Waals surface area contributed by atoms with E-state index in [-0.39, 0.29) is 11.7 Å². The van der Waals surface area contributed by atoms with Crippen molar-refractivity contribution in [3.05, 3.63) is 65.7 Å². The van der Waals surface area contributed by atoms with Gasteiger partial charge in [-0.15, -0.1) is 0 Å². The Morgan fingerprint density at radius 2 is 1.65 bits per heavy atom. The fraction of sp³-hybridized carbons (Fsp3) is 0.350. The minimum Gasteiger partial charge on any atom is -0.292 e. The van der Waals surface area contributed by atoms with Crippen molar-refractivity contribution < 1.29 is 10.0 Å². The molecule has 0 saturated heterocycles. The molecule has 2 aromatic carbocycles. The van der Waals surface area contributed by atoms with Crippen LogP contribution in [0.15, 0.2) is 54.6 Å². The molecule has 0 aromatic heterocycles. The second kappa shape index (κ2) is 7.93. The average Bonchev–Trinajstić information content (AvgIpc) is 2.59. The van der Waals surface area contributed by atoms with Crippen LogP contribution >= 0.6 is 0 Å². The van der Waals surface area contributed by atoms with Crippen molar-refractivity contribution in [2.45, 2.75) is 45.6 Å². The molecule has 0 radical (unpaired) electrons. The molecule has 23 heavy (non-hydrogen) atoms. The van der Waals surface area contributed by atoms with Gasteiger partial charge in [-0.2, -0.15) is 0 Å². The molecular formula is C20H25NO2. The van der Waals surface area contributed by atoms with Crippen LogP contribution in [-0.2, 0) is 0 Å². The lowest BCUT2D eigenvalue weighted by Gasteiger charge is -2.29. The number of nitrogens with zero attached hydrogens (tertiary/aromatic N) is 1. The molecule has 1 atom stereocenters. The minimum atomic E-state index is -0.567. The lowest BCUT2D eigenvalue weighted by atomic mass is 9.97. The first kappa shape index (κ1) is 17.2. The first-order chi connectivity index (χ1) is 11.1. The van der Waals surface area contributed by atoms with Gasteiger partial charge in [-0.05, 0) is 24.0 Å². The third-order valence-electron chi connectivity index (χ3n) is 4.02. The summed E-state index contributed by atoms with van der Waals surface area (Å²) in [5.74, 6) is 0.225. The van der Waals surface area contributed by atoms with Crippen LogP contribution in [0.4, 0.5) is 5.69 Å². The first-order valence-corrected chi connectivity index (χ1v) is 8.22. The van der Waals surface area contributed by atoms with Gasteiger partial charge >= 0.3 is 0 Å². The summed E-state index contributed by atoms with van der Waals surface area (Å²) in [6.07, 6.45) is 1.43. The van der Waals surface area contributed by atoms with Gasteiger partial charge in [0.05, 0.1) is 5.69 Å². The quantitative estimate of drug-likeness (QED) is 0.574. The lowest BCUT2D eigenvalue weighted by Crippen LogP contribution is -2.39. The van der Waals surface area contributed by atoms with Crippen LogP contribution < -0.4 is 5.06 Å². The molecule has 0 fully saturated rings. The van der Waals surface area contributed by atoms with Crippen molar-refractivity contribution in [1.29, 1.82) is 0 Å². The van der Waals surface area contributed by atoms with Crippen LogP contribution in [0.1, 0.15) is 55.5 Å². The maximum atomic E-state index is 12.8. The SMILES string of the molecule is CCC[C@@H](C(=O)c1ccccc1)N(O)c1ccccc1C(C)C. The number of benzene rings is 2. The maximum Gasteiger partial charge on any atom is 0.187 e. The molecule has 0 aliphatic heterocycles. The van der Waals surface area contributed by atoms with E-state index in [1.165, 1.54) is 0 Å². The minimum absolute atomic E-state index is 0.0477. The molecule has 0 bridgehead atoms. The molecule has 0 spiro atoms. The molecule has 0 aliphatic carbocycles. The number of Topliss-reactive ketones (excluding diaryl/α,β-unsaturated/α-hetero) is 1. The van der Waals surface area contributed by atoms with Gasteiger partial charge in [0.25, 0.3) is 0 Å². The van der Waals surface area contributed by atoms with E-state index in [0.717, 1.165) is 17.0 Å². The molecule has 3 heteroatoms. The number of carbonyl (C=O) groups excluding carboxylic acids is 1. The number of hydroxylamine groups is 1. The normalized spacial score (nSPS) is 12.2. The van der Waals surface area contributed by atoms with Crippen LogP contribution in [0.25, 0.3) is 0 Å². The van der Waals surface area contributed by atoms with Gasteiger partial charge in [0.15, 0.2) is 5.78 Å². The van der Waals surface area contributed by atoms with Gasteiger partial charge in [0.2, 0.25) is 0 Å². The highest BCUT2D eigenvalue weighted by molar-refractivity contribution is 6.01. The summed E-state index contributed by atoms with van der Waals surface area (Å²) in [6, 6.07) is 16.3. The van der Waals surface area contributed by atoms with Gasteiger partial charge < -0.3 is 0 Å². The maximum absolute atomic E-state index is 12.8. The zero-order chi connectivity index (χ0) is 16.8.